The van der Waals surface area contributed by atoms with Crippen molar-refractivity contribution in [2.75, 3.05) is 0 Å². The van der Waals surface area contributed by atoms with Gasteiger partial charge >= 0.3 is 0 Å². The van der Waals surface area contributed by atoms with Gasteiger partial charge in [-0.1, -0.05) is 6.07 Å². The maximum atomic E-state index is 4.34. The summed E-state index contributed by atoms with van der Waals surface area (Å²) in [5.41, 5.74) is 1.92. The third kappa shape index (κ3) is 1.97. The average Bonchev–Trinajstić information content (AvgIpc) is 3.00. The fourth-order valence-corrected chi connectivity index (χ4v) is 2.23. The zero-order chi connectivity index (χ0) is 11.7. The fraction of sp³-hybridized carbons (Fsp3) is 0.0833. The predicted molar refractivity (Wildman–Crippen MR) is 67.7 cm³/mol. The Morgan fingerprint density at radius 1 is 1.12 bits per heavy atom. The Morgan fingerprint density at radius 3 is 2.65 bits per heavy atom. The Balaban J connectivity index is 1.98. The van der Waals surface area contributed by atoms with E-state index in [-0.39, 0.29) is 0 Å². The van der Waals surface area contributed by atoms with Gasteiger partial charge in [0.1, 0.15) is 11.6 Å². The van der Waals surface area contributed by atoms with Crippen LogP contribution in [0.15, 0.2) is 36.1 Å². The number of hydrogen-bond donors (Lipinski definition) is 1. The van der Waals surface area contributed by atoms with Gasteiger partial charge in [0.05, 0.1) is 22.3 Å². The molecule has 0 spiro atoms. The van der Waals surface area contributed by atoms with Gasteiger partial charge in [-0.2, -0.15) is 0 Å². The Kier molecular flexibility index (Phi) is 2.45. The van der Waals surface area contributed by atoms with Crippen LogP contribution in [0.3, 0.4) is 0 Å². The lowest BCUT2D eigenvalue weighted by Crippen LogP contribution is -1.88. The monoisotopic (exact) mass is 242 g/mol. The van der Waals surface area contributed by atoms with Crippen LogP contribution in [-0.2, 0) is 0 Å². The molecule has 84 valence electrons. The summed E-state index contributed by atoms with van der Waals surface area (Å²) < 4.78 is 0. The van der Waals surface area contributed by atoms with E-state index >= 15 is 0 Å². The minimum atomic E-state index is 0.763. The molecule has 0 saturated heterocycles. The highest BCUT2D eigenvalue weighted by atomic mass is 32.1. The van der Waals surface area contributed by atoms with Crippen molar-refractivity contribution >= 4 is 11.3 Å². The van der Waals surface area contributed by atoms with Gasteiger partial charge in [0.15, 0.2) is 0 Å². The average molecular weight is 242 g/mol. The summed E-state index contributed by atoms with van der Waals surface area (Å²) in [7, 11) is 0. The molecule has 0 aliphatic rings. The van der Waals surface area contributed by atoms with Crippen LogP contribution in [0.25, 0.3) is 22.0 Å². The first-order valence-electron chi connectivity index (χ1n) is 5.21. The summed E-state index contributed by atoms with van der Waals surface area (Å²) in [6, 6.07) is 4.09. The van der Waals surface area contributed by atoms with E-state index in [2.05, 4.69) is 26.0 Å². The first kappa shape index (κ1) is 10.2. The number of aryl methyl sites for hydroxylation is 1. The van der Waals surface area contributed by atoms with Crippen LogP contribution in [0, 0.1) is 6.92 Å². The topological polar surface area (TPSA) is 54.5 Å². The van der Waals surface area contributed by atoms with Crippen molar-refractivity contribution in [2.24, 2.45) is 0 Å². The maximum Gasteiger partial charge on any atom is 0.140 e. The largest absolute Gasteiger partial charge is 0.337 e. The maximum absolute atomic E-state index is 4.34. The summed E-state index contributed by atoms with van der Waals surface area (Å²) in [5.74, 6) is 1.56. The predicted octanol–water partition coefficient (Wildman–Crippen LogP) is 2.90. The van der Waals surface area contributed by atoms with Gasteiger partial charge in [-0.3, -0.25) is 0 Å². The lowest BCUT2D eigenvalue weighted by molar-refractivity contribution is 1.05. The molecular weight excluding hydrogens is 232 g/mol. The van der Waals surface area contributed by atoms with Crippen LogP contribution in [-0.4, -0.2) is 19.9 Å². The molecule has 3 rings (SSSR count). The second-order valence-electron chi connectivity index (χ2n) is 3.64. The normalized spacial score (nSPS) is 10.6. The number of nitrogens with one attached hydrogen (secondary N) is 1. The minimum absolute atomic E-state index is 0.763. The Labute approximate surface area is 102 Å². The minimum Gasteiger partial charge on any atom is -0.337 e. The SMILES string of the molecule is Cc1ncc(-c2ncc(-c3cccs3)[nH]2)cn1. The van der Waals surface area contributed by atoms with Crippen molar-refractivity contribution in [3.63, 3.8) is 0 Å². The third-order valence-corrected chi connectivity index (χ3v) is 3.32. The van der Waals surface area contributed by atoms with Crippen LogP contribution in [0.2, 0.25) is 0 Å². The highest BCUT2D eigenvalue weighted by Crippen LogP contribution is 2.24. The first-order chi connectivity index (χ1) is 8.33. The summed E-state index contributed by atoms with van der Waals surface area (Å²) >= 11 is 1.68. The van der Waals surface area contributed by atoms with E-state index in [4.69, 9.17) is 0 Å². The number of rotatable bonds is 2. The molecule has 3 aromatic heterocycles. The standard InChI is InChI=1S/C12H10N4S/c1-8-13-5-9(6-14-8)12-15-7-10(16-12)11-3-2-4-17-11/h2-7H,1H3,(H,15,16). The summed E-state index contributed by atoms with van der Waals surface area (Å²) in [4.78, 5) is 17.1. The van der Waals surface area contributed by atoms with E-state index < -0.39 is 0 Å². The zero-order valence-electron chi connectivity index (χ0n) is 9.21. The molecule has 0 amide bonds. The van der Waals surface area contributed by atoms with E-state index in [1.165, 1.54) is 4.88 Å². The highest BCUT2D eigenvalue weighted by molar-refractivity contribution is 7.13. The second-order valence-corrected chi connectivity index (χ2v) is 4.59. The Bertz CT molecular complexity index is 610. The Morgan fingerprint density at radius 2 is 1.94 bits per heavy atom. The van der Waals surface area contributed by atoms with Gasteiger partial charge in [0.2, 0.25) is 0 Å². The van der Waals surface area contributed by atoms with Gasteiger partial charge in [0, 0.05) is 12.4 Å². The number of aromatic nitrogens is 4. The van der Waals surface area contributed by atoms with Crippen LogP contribution in [0.4, 0.5) is 0 Å². The molecule has 0 aromatic carbocycles. The number of aromatic amines is 1. The molecule has 17 heavy (non-hydrogen) atoms. The van der Waals surface area contributed by atoms with E-state index in [1.807, 2.05) is 24.6 Å². The molecule has 1 N–H and O–H groups in total. The fourth-order valence-electron chi connectivity index (χ4n) is 1.54. The zero-order valence-corrected chi connectivity index (χ0v) is 10.0. The Hall–Kier alpha value is -2.01. The number of nitrogens with zero attached hydrogens (tertiary/aromatic N) is 3. The van der Waals surface area contributed by atoms with Gasteiger partial charge in [-0.05, 0) is 18.4 Å². The van der Waals surface area contributed by atoms with Gasteiger partial charge in [-0.25, -0.2) is 15.0 Å². The van der Waals surface area contributed by atoms with Gasteiger partial charge in [0.25, 0.3) is 0 Å². The lowest BCUT2D eigenvalue weighted by atomic mass is 10.3. The van der Waals surface area contributed by atoms with Crippen molar-refractivity contribution in [1.82, 2.24) is 19.9 Å². The van der Waals surface area contributed by atoms with Crippen molar-refractivity contribution in [3.8, 4) is 22.0 Å². The molecule has 0 atom stereocenters. The molecule has 3 heterocycles. The van der Waals surface area contributed by atoms with Gasteiger partial charge < -0.3 is 4.98 Å². The lowest BCUT2D eigenvalue weighted by Gasteiger charge is -1.96. The number of imidazole rings is 1. The van der Waals surface area contributed by atoms with Crippen LogP contribution in [0.1, 0.15) is 5.82 Å². The third-order valence-electron chi connectivity index (χ3n) is 2.42. The molecule has 0 radical (unpaired) electrons. The molecule has 0 aliphatic heterocycles. The van der Waals surface area contributed by atoms with Crippen LogP contribution < -0.4 is 0 Å². The number of thiophene rings is 1. The van der Waals surface area contributed by atoms with Crippen molar-refractivity contribution < 1.29 is 0 Å². The highest BCUT2D eigenvalue weighted by Gasteiger charge is 2.06. The molecule has 3 aromatic rings. The van der Waals surface area contributed by atoms with E-state index in [1.54, 1.807) is 23.7 Å². The summed E-state index contributed by atoms with van der Waals surface area (Å²) in [6.07, 6.45) is 5.39. The molecule has 0 fully saturated rings. The van der Waals surface area contributed by atoms with Crippen molar-refractivity contribution in [1.29, 1.82) is 0 Å². The first-order valence-corrected chi connectivity index (χ1v) is 6.09. The number of hydrogen-bond acceptors (Lipinski definition) is 4. The van der Waals surface area contributed by atoms with Crippen molar-refractivity contribution in [3.05, 3.63) is 41.9 Å². The summed E-state index contributed by atoms with van der Waals surface area (Å²) in [5, 5.41) is 2.05. The van der Waals surface area contributed by atoms with Gasteiger partial charge in [-0.15, -0.1) is 11.3 Å². The molecule has 0 aliphatic carbocycles. The molecule has 0 bridgehead atoms. The smallest absolute Gasteiger partial charge is 0.140 e. The van der Waals surface area contributed by atoms with Crippen molar-refractivity contribution in [2.45, 2.75) is 6.92 Å². The van der Waals surface area contributed by atoms with E-state index in [0.717, 1.165) is 22.9 Å². The van der Waals surface area contributed by atoms with Crippen LogP contribution >= 0.6 is 11.3 Å². The summed E-state index contributed by atoms with van der Waals surface area (Å²) in [6.45, 7) is 1.86. The van der Waals surface area contributed by atoms with Crippen LogP contribution in [0.5, 0.6) is 0 Å². The molecule has 0 unspecified atom stereocenters. The molecule has 5 heteroatoms. The molecule has 0 saturated carbocycles. The number of H-pyrrole nitrogens is 1. The molecule has 4 nitrogen and oxygen atoms in total. The van der Waals surface area contributed by atoms with E-state index in [9.17, 15) is 0 Å². The van der Waals surface area contributed by atoms with E-state index in [0.29, 0.717) is 0 Å². The quantitative estimate of drug-likeness (QED) is 0.751. The molecular formula is C12H10N4S. The second kappa shape index (κ2) is 4.10.